The van der Waals surface area contributed by atoms with Crippen LogP contribution >= 0.6 is 0 Å². The first-order chi connectivity index (χ1) is 6.09. The number of carboxylic acids is 1. The molecule has 0 saturated carbocycles. The summed E-state index contributed by atoms with van der Waals surface area (Å²) >= 11 is 0. The molecule has 1 fully saturated rings. The molecule has 1 rings (SSSR count). The highest BCUT2D eigenvalue weighted by Crippen LogP contribution is 2.24. The van der Waals surface area contributed by atoms with Gasteiger partial charge in [0.25, 0.3) is 0 Å². The monoisotopic (exact) mass is 185 g/mol. The van der Waals surface area contributed by atoms with E-state index in [1.165, 1.54) is 0 Å². The summed E-state index contributed by atoms with van der Waals surface area (Å²) < 4.78 is 0. The number of amides is 1. The minimum absolute atomic E-state index is 0.0495. The fraction of sp³-hybridized carbons (Fsp3) is 0.778. The van der Waals surface area contributed by atoms with Crippen LogP contribution in [-0.4, -0.2) is 23.5 Å². The Bertz CT molecular complexity index is 215. The van der Waals surface area contributed by atoms with E-state index in [4.69, 9.17) is 5.11 Å². The first kappa shape index (κ1) is 10.0. The van der Waals surface area contributed by atoms with E-state index in [0.29, 0.717) is 13.0 Å². The third kappa shape index (κ3) is 3.05. The van der Waals surface area contributed by atoms with E-state index in [0.717, 1.165) is 6.42 Å². The van der Waals surface area contributed by atoms with Gasteiger partial charge < -0.3 is 10.4 Å². The number of hydrogen-bond acceptors (Lipinski definition) is 2. The van der Waals surface area contributed by atoms with Gasteiger partial charge in [-0.05, 0) is 18.3 Å². The van der Waals surface area contributed by atoms with Gasteiger partial charge in [-0.3, -0.25) is 9.59 Å². The molecule has 0 radical (unpaired) electrons. The number of carbonyl (C=O) groups excluding carboxylic acids is 1. The summed E-state index contributed by atoms with van der Waals surface area (Å²) in [5.41, 5.74) is 0. The predicted octanol–water partition coefficient (Wildman–Crippen LogP) is 0.623. The molecule has 74 valence electrons. The van der Waals surface area contributed by atoms with Crippen molar-refractivity contribution in [2.24, 2.45) is 11.8 Å². The van der Waals surface area contributed by atoms with Crippen LogP contribution in [0.5, 0.6) is 0 Å². The number of aliphatic carboxylic acids is 1. The summed E-state index contributed by atoms with van der Waals surface area (Å²) in [6.07, 6.45) is 1.55. The average Bonchev–Trinajstić information content (AvgIpc) is 2.03. The maximum absolute atomic E-state index is 11.0. The molecule has 4 nitrogen and oxygen atoms in total. The molecular weight excluding hydrogens is 170 g/mol. The zero-order valence-corrected chi connectivity index (χ0v) is 7.75. The third-order valence-corrected chi connectivity index (χ3v) is 2.59. The average molecular weight is 185 g/mol. The van der Waals surface area contributed by atoms with Crippen LogP contribution in [0.1, 0.15) is 26.2 Å². The van der Waals surface area contributed by atoms with Crippen LogP contribution in [0.4, 0.5) is 0 Å². The highest BCUT2D eigenvalue weighted by Gasteiger charge is 2.25. The molecule has 1 aliphatic rings. The van der Waals surface area contributed by atoms with E-state index in [-0.39, 0.29) is 24.2 Å². The standard InChI is InChI=1S/C9H15NO3/c1-6(4-9(12)13)7-2-3-10-8(11)5-7/h6-7H,2-5H2,1H3,(H,10,11)(H,12,13). The lowest BCUT2D eigenvalue weighted by molar-refractivity contribution is -0.139. The zero-order chi connectivity index (χ0) is 9.84. The molecule has 0 aromatic heterocycles. The van der Waals surface area contributed by atoms with Gasteiger partial charge >= 0.3 is 5.97 Å². The van der Waals surface area contributed by atoms with E-state index in [1.54, 1.807) is 0 Å². The Morgan fingerprint density at radius 3 is 3.00 bits per heavy atom. The molecule has 0 bridgehead atoms. The van der Waals surface area contributed by atoms with E-state index < -0.39 is 5.97 Å². The maximum atomic E-state index is 11.0. The van der Waals surface area contributed by atoms with Crippen molar-refractivity contribution in [2.75, 3.05) is 6.54 Å². The molecule has 2 N–H and O–H groups in total. The van der Waals surface area contributed by atoms with Crippen molar-refractivity contribution in [1.29, 1.82) is 0 Å². The quantitative estimate of drug-likeness (QED) is 0.677. The second-order valence-electron chi connectivity index (χ2n) is 3.68. The fourth-order valence-corrected chi connectivity index (χ4v) is 1.74. The number of hydrogen-bond donors (Lipinski definition) is 2. The third-order valence-electron chi connectivity index (χ3n) is 2.59. The molecule has 1 aliphatic heterocycles. The molecule has 2 atom stereocenters. The van der Waals surface area contributed by atoms with E-state index >= 15 is 0 Å². The SMILES string of the molecule is CC(CC(=O)O)C1CCNC(=O)C1. The van der Waals surface area contributed by atoms with Crippen LogP contribution < -0.4 is 5.32 Å². The minimum atomic E-state index is -0.779. The lowest BCUT2D eigenvalue weighted by Crippen LogP contribution is -2.36. The summed E-state index contributed by atoms with van der Waals surface area (Å²) in [5.74, 6) is -0.389. The Morgan fingerprint density at radius 2 is 2.46 bits per heavy atom. The Labute approximate surface area is 77.3 Å². The first-order valence-corrected chi connectivity index (χ1v) is 4.58. The van der Waals surface area contributed by atoms with Crippen LogP contribution in [0.25, 0.3) is 0 Å². The summed E-state index contributed by atoms with van der Waals surface area (Å²) in [6.45, 7) is 2.59. The van der Waals surface area contributed by atoms with Crippen molar-refractivity contribution >= 4 is 11.9 Å². The summed E-state index contributed by atoms with van der Waals surface area (Å²) in [4.78, 5) is 21.4. The summed E-state index contributed by atoms with van der Waals surface area (Å²) in [7, 11) is 0. The van der Waals surface area contributed by atoms with Gasteiger partial charge in [0.15, 0.2) is 0 Å². The van der Waals surface area contributed by atoms with Crippen LogP contribution in [0, 0.1) is 11.8 Å². The first-order valence-electron chi connectivity index (χ1n) is 4.58. The van der Waals surface area contributed by atoms with Crippen LogP contribution in [-0.2, 0) is 9.59 Å². The van der Waals surface area contributed by atoms with Crippen molar-refractivity contribution in [2.45, 2.75) is 26.2 Å². The largest absolute Gasteiger partial charge is 0.481 e. The number of nitrogens with one attached hydrogen (secondary N) is 1. The van der Waals surface area contributed by atoms with Gasteiger partial charge in [0.2, 0.25) is 5.91 Å². The summed E-state index contributed by atoms with van der Waals surface area (Å²) in [5, 5.41) is 11.3. The fourth-order valence-electron chi connectivity index (χ4n) is 1.74. The van der Waals surface area contributed by atoms with E-state index in [9.17, 15) is 9.59 Å². The van der Waals surface area contributed by atoms with Crippen LogP contribution in [0.3, 0.4) is 0 Å². The van der Waals surface area contributed by atoms with E-state index in [2.05, 4.69) is 5.32 Å². The van der Waals surface area contributed by atoms with Gasteiger partial charge in [-0.2, -0.15) is 0 Å². The molecule has 0 aromatic carbocycles. The Hall–Kier alpha value is -1.06. The number of rotatable bonds is 3. The predicted molar refractivity (Wildman–Crippen MR) is 47.2 cm³/mol. The van der Waals surface area contributed by atoms with Gasteiger partial charge in [-0.1, -0.05) is 6.92 Å². The molecule has 1 heterocycles. The van der Waals surface area contributed by atoms with Crippen molar-refractivity contribution < 1.29 is 14.7 Å². The van der Waals surface area contributed by atoms with Gasteiger partial charge in [0.1, 0.15) is 0 Å². The smallest absolute Gasteiger partial charge is 0.303 e. The van der Waals surface area contributed by atoms with Crippen molar-refractivity contribution in [3.05, 3.63) is 0 Å². The number of piperidine rings is 1. The molecule has 2 unspecified atom stereocenters. The number of carbonyl (C=O) groups is 2. The summed E-state index contributed by atoms with van der Waals surface area (Å²) in [6, 6.07) is 0. The second-order valence-corrected chi connectivity index (χ2v) is 3.68. The molecule has 0 aliphatic carbocycles. The van der Waals surface area contributed by atoms with E-state index in [1.807, 2.05) is 6.92 Å². The molecule has 0 spiro atoms. The lowest BCUT2D eigenvalue weighted by Gasteiger charge is -2.26. The lowest BCUT2D eigenvalue weighted by atomic mass is 9.84. The molecule has 1 saturated heterocycles. The molecule has 0 aromatic rings. The topological polar surface area (TPSA) is 66.4 Å². The van der Waals surface area contributed by atoms with Crippen molar-refractivity contribution in [1.82, 2.24) is 5.32 Å². The Balaban J connectivity index is 2.41. The second kappa shape index (κ2) is 4.25. The molecule has 4 heteroatoms. The molecule has 13 heavy (non-hydrogen) atoms. The Kier molecular flexibility index (Phi) is 3.28. The highest BCUT2D eigenvalue weighted by atomic mass is 16.4. The van der Waals surface area contributed by atoms with Crippen LogP contribution in [0.2, 0.25) is 0 Å². The van der Waals surface area contributed by atoms with Crippen molar-refractivity contribution in [3.63, 3.8) is 0 Å². The van der Waals surface area contributed by atoms with Gasteiger partial charge in [0, 0.05) is 19.4 Å². The van der Waals surface area contributed by atoms with Gasteiger partial charge in [0.05, 0.1) is 0 Å². The molecular formula is C9H15NO3. The van der Waals surface area contributed by atoms with Gasteiger partial charge in [-0.25, -0.2) is 0 Å². The maximum Gasteiger partial charge on any atom is 0.303 e. The minimum Gasteiger partial charge on any atom is -0.481 e. The number of carboxylic acid groups (broad SMARTS) is 1. The molecule has 1 amide bonds. The van der Waals surface area contributed by atoms with Crippen molar-refractivity contribution in [3.8, 4) is 0 Å². The van der Waals surface area contributed by atoms with Crippen LogP contribution in [0.15, 0.2) is 0 Å². The zero-order valence-electron chi connectivity index (χ0n) is 7.75. The normalized spacial score (nSPS) is 25.0. The Morgan fingerprint density at radius 1 is 1.77 bits per heavy atom. The van der Waals surface area contributed by atoms with Gasteiger partial charge in [-0.15, -0.1) is 0 Å². The highest BCUT2D eigenvalue weighted by molar-refractivity contribution is 5.77.